The topological polar surface area (TPSA) is 83.9 Å². The van der Waals surface area contributed by atoms with Crippen LogP contribution in [0.4, 0.5) is 10.1 Å². The predicted octanol–water partition coefficient (Wildman–Crippen LogP) is 7.03. The maximum atomic E-state index is 14.6. The van der Waals surface area contributed by atoms with Crippen LogP contribution in [0.15, 0.2) is 52.4 Å². The quantitative estimate of drug-likeness (QED) is 0.179. The van der Waals surface area contributed by atoms with Crippen molar-refractivity contribution in [2.75, 3.05) is 51.4 Å². The second-order valence-electron chi connectivity index (χ2n) is 10.8. The molecule has 0 aromatic heterocycles. The van der Waals surface area contributed by atoms with Crippen molar-refractivity contribution in [3.8, 4) is 5.75 Å². The van der Waals surface area contributed by atoms with Crippen molar-refractivity contribution in [3.63, 3.8) is 0 Å². The van der Waals surface area contributed by atoms with E-state index in [0.717, 1.165) is 48.7 Å². The van der Waals surface area contributed by atoms with E-state index in [4.69, 9.17) is 19.6 Å². The Bertz CT molecular complexity index is 1230. The highest BCUT2D eigenvalue weighted by Crippen LogP contribution is 2.40. The highest BCUT2D eigenvalue weighted by Gasteiger charge is 2.27. The first-order chi connectivity index (χ1) is 19.4. The Morgan fingerprint density at radius 3 is 2.22 bits per heavy atom. The first-order valence-corrected chi connectivity index (χ1v) is 14.6. The van der Waals surface area contributed by atoms with Gasteiger partial charge in [0.2, 0.25) is 0 Å². The normalized spacial score (nSPS) is 15.6. The Kier molecular flexibility index (Phi) is 12.9. The lowest BCUT2D eigenvalue weighted by atomic mass is 9.84. The van der Waals surface area contributed by atoms with E-state index in [0.29, 0.717) is 37.4 Å². The third kappa shape index (κ3) is 8.57. The van der Waals surface area contributed by atoms with Gasteiger partial charge in [-0.15, -0.1) is 5.73 Å². The molecular weight excluding hydrogens is 521 g/mol. The van der Waals surface area contributed by atoms with E-state index in [1.54, 1.807) is 27.0 Å². The maximum Gasteiger partial charge on any atom is 0.198 e. The first kappa shape index (κ1) is 33.9. The number of carbonyl (C=O) groups is 1. The fourth-order valence-electron chi connectivity index (χ4n) is 4.75. The second kappa shape index (κ2) is 15.6. The highest BCUT2D eigenvalue weighted by atomic mass is 19.1. The van der Waals surface area contributed by atoms with E-state index in [2.05, 4.69) is 36.7 Å². The minimum absolute atomic E-state index is 0.0573. The van der Waals surface area contributed by atoms with Gasteiger partial charge in [0.1, 0.15) is 5.75 Å². The molecule has 2 N–H and O–H groups in total. The Labute approximate surface area is 245 Å². The Hall–Kier alpha value is -3.35. The van der Waals surface area contributed by atoms with E-state index >= 15 is 0 Å². The number of allylic oxidation sites excluding steroid dienone is 3. The summed E-state index contributed by atoms with van der Waals surface area (Å²) < 4.78 is 31.1. The molecule has 41 heavy (non-hydrogen) atoms. The number of nitrogens with zero attached hydrogens (tertiary/aromatic N) is 1. The molecule has 1 aromatic rings. The lowest BCUT2D eigenvalue weighted by Crippen LogP contribution is -2.43. The number of rotatable bonds is 10. The average molecular weight is 570 g/mol. The van der Waals surface area contributed by atoms with Crippen LogP contribution in [-0.2, 0) is 14.9 Å². The molecular formula is C33H48FN3O4. The second-order valence-corrected chi connectivity index (χ2v) is 10.8. The number of methoxy groups -OCH3 is 1. The molecule has 3 rings (SSSR count). The molecule has 8 heteroatoms. The van der Waals surface area contributed by atoms with Crippen molar-refractivity contribution in [2.24, 2.45) is 0 Å². The van der Waals surface area contributed by atoms with Crippen LogP contribution < -0.4 is 15.0 Å². The van der Waals surface area contributed by atoms with Crippen molar-refractivity contribution in [2.45, 2.75) is 73.6 Å². The van der Waals surface area contributed by atoms with E-state index < -0.39 is 5.83 Å². The lowest BCUT2D eigenvalue weighted by molar-refractivity contribution is 0.0988. The summed E-state index contributed by atoms with van der Waals surface area (Å²) >= 11 is 0. The van der Waals surface area contributed by atoms with Crippen LogP contribution in [0.5, 0.6) is 5.75 Å². The van der Waals surface area contributed by atoms with Gasteiger partial charge in [-0.1, -0.05) is 34.6 Å². The van der Waals surface area contributed by atoms with E-state index in [9.17, 15) is 9.18 Å². The largest absolute Gasteiger partial charge is 0.494 e. The SMILES string of the molecule is CCC(=O)c1cc(N2CCNCC2)c(OC)c(C(C)(C)C)c1.CCOC1=C(OCC)C(F)=C(C(C)=N)C(CC)=C=C1. The lowest BCUT2D eigenvalue weighted by Gasteiger charge is -2.33. The number of anilines is 1. The standard InChI is InChI=1S/C18H28N2O2.C15H20FNO2/c1-6-16(21)13-11-14(18(2,3)4)17(22-5)15(12-13)20-9-7-19-8-10-20;1-5-11-8-9-12(18-6-2)15(19-7-3)14(16)13(11)10(4)17/h11-12,19H,6-10H2,1-5H3;9,17H,5-7H2,1-4H3. The molecule has 0 bridgehead atoms. The van der Waals surface area contributed by atoms with Crippen LogP contribution in [0, 0.1) is 5.41 Å². The van der Waals surface area contributed by atoms with Crippen molar-refractivity contribution in [3.05, 3.63) is 63.6 Å². The molecule has 1 fully saturated rings. The molecule has 226 valence electrons. The van der Waals surface area contributed by atoms with Gasteiger partial charge in [0.05, 0.1) is 26.0 Å². The number of benzene rings is 1. The Morgan fingerprint density at radius 1 is 1.10 bits per heavy atom. The van der Waals surface area contributed by atoms with Gasteiger partial charge < -0.3 is 29.8 Å². The molecule has 0 atom stereocenters. The number of piperazine rings is 1. The van der Waals surface area contributed by atoms with E-state index in [-0.39, 0.29) is 28.2 Å². The van der Waals surface area contributed by atoms with Gasteiger partial charge in [-0.3, -0.25) is 4.79 Å². The Morgan fingerprint density at radius 2 is 1.73 bits per heavy atom. The number of hydrogen-bond acceptors (Lipinski definition) is 7. The van der Waals surface area contributed by atoms with Crippen molar-refractivity contribution < 1.29 is 23.4 Å². The number of carbonyl (C=O) groups excluding carboxylic acids is 1. The summed E-state index contributed by atoms with van der Waals surface area (Å²) in [5.74, 6) is 0.924. The summed E-state index contributed by atoms with van der Waals surface area (Å²) in [6.45, 7) is 20.0. The number of halogens is 1. The molecule has 1 aliphatic heterocycles. The summed E-state index contributed by atoms with van der Waals surface area (Å²) in [6, 6.07) is 4.02. The summed E-state index contributed by atoms with van der Waals surface area (Å²) in [5, 5.41) is 11.1. The fourth-order valence-corrected chi connectivity index (χ4v) is 4.75. The predicted molar refractivity (Wildman–Crippen MR) is 165 cm³/mol. The third-order valence-electron chi connectivity index (χ3n) is 6.82. The number of ether oxygens (including phenoxy) is 3. The van der Waals surface area contributed by atoms with Crippen LogP contribution in [-0.4, -0.2) is 58.0 Å². The zero-order valence-corrected chi connectivity index (χ0v) is 26.3. The molecule has 0 spiro atoms. The smallest absolute Gasteiger partial charge is 0.198 e. The van der Waals surface area contributed by atoms with Crippen LogP contribution in [0.2, 0.25) is 0 Å². The molecule has 1 aromatic carbocycles. The molecule has 1 heterocycles. The summed E-state index contributed by atoms with van der Waals surface area (Å²) in [7, 11) is 1.72. The monoisotopic (exact) mass is 569 g/mol. The maximum absolute atomic E-state index is 14.6. The average Bonchev–Trinajstić information content (AvgIpc) is 3.08. The van der Waals surface area contributed by atoms with Crippen LogP contribution in [0.25, 0.3) is 0 Å². The van der Waals surface area contributed by atoms with Gasteiger partial charge >= 0.3 is 0 Å². The van der Waals surface area contributed by atoms with Gasteiger partial charge in [0, 0.05) is 66.7 Å². The molecule has 2 aliphatic rings. The third-order valence-corrected chi connectivity index (χ3v) is 6.82. The van der Waals surface area contributed by atoms with Crippen LogP contribution in [0.3, 0.4) is 0 Å². The fraction of sp³-hybridized carbons (Fsp3) is 0.545. The van der Waals surface area contributed by atoms with Crippen LogP contribution >= 0.6 is 0 Å². The van der Waals surface area contributed by atoms with E-state index in [1.807, 2.05) is 32.9 Å². The molecule has 0 radical (unpaired) electrons. The molecule has 1 aliphatic carbocycles. The van der Waals surface area contributed by atoms with Gasteiger partial charge in [-0.05, 0) is 44.7 Å². The first-order valence-electron chi connectivity index (χ1n) is 14.6. The summed E-state index contributed by atoms with van der Waals surface area (Å²) in [4.78, 5) is 14.6. The number of ketones is 1. The number of hydrogen-bond donors (Lipinski definition) is 2. The minimum Gasteiger partial charge on any atom is -0.494 e. The molecule has 1 saturated heterocycles. The highest BCUT2D eigenvalue weighted by molar-refractivity contribution is 6.01. The Balaban J connectivity index is 0.000000290. The molecule has 0 amide bonds. The summed E-state index contributed by atoms with van der Waals surface area (Å²) in [5.41, 5.74) is 6.93. The van der Waals surface area contributed by atoms with Crippen molar-refractivity contribution in [1.82, 2.24) is 5.32 Å². The van der Waals surface area contributed by atoms with Crippen LogP contribution in [0.1, 0.15) is 84.2 Å². The molecule has 7 nitrogen and oxygen atoms in total. The van der Waals surface area contributed by atoms with Crippen molar-refractivity contribution >= 4 is 17.2 Å². The minimum atomic E-state index is -0.545. The zero-order valence-electron chi connectivity index (χ0n) is 26.3. The van der Waals surface area contributed by atoms with Gasteiger partial charge in [0.25, 0.3) is 0 Å². The van der Waals surface area contributed by atoms with Gasteiger partial charge in [0.15, 0.2) is 23.1 Å². The van der Waals surface area contributed by atoms with Gasteiger partial charge in [-0.2, -0.15) is 0 Å². The number of nitrogens with one attached hydrogen (secondary N) is 2. The molecule has 0 saturated carbocycles. The zero-order chi connectivity index (χ0) is 30.7. The van der Waals surface area contributed by atoms with Crippen molar-refractivity contribution in [1.29, 1.82) is 5.41 Å². The summed E-state index contributed by atoms with van der Waals surface area (Å²) in [6.07, 6.45) is 2.70. The van der Waals surface area contributed by atoms with Gasteiger partial charge in [-0.25, -0.2) is 4.39 Å². The molecule has 0 unspecified atom stereocenters. The number of Topliss-reactive ketones (excluding diaryl/α,β-unsaturated/α-hetero) is 1. The van der Waals surface area contributed by atoms with E-state index in [1.165, 1.54) is 0 Å².